The number of hydrogen-bond acceptors (Lipinski definition) is 8. The maximum atomic E-state index is 13.5. The molecule has 0 aliphatic carbocycles. The highest BCUT2D eigenvalue weighted by Crippen LogP contribution is 2.32. The number of carbonyl (C=O) groups excluding carboxylic acids is 1. The van der Waals surface area contributed by atoms with Gasteiger partial charge < -0.3 is 19.3 Å². The third-order valence-corrected chi connectivity index (χ3v) is 8.13. The summed E-state index contributed by atoms with van der Waals surface area (Å²) in [5, 5.41) is 19.4. The summed E-state index contributed by atoms with van der Waals surface area (Å²) in [7, 11) is 0. The second kappa shape index (κ2) is 10.5. The molecule has 5 heterocycles. The van der Waals surface area contributed by atoms with E-state index in [9.17, 15) is 14.9 Å². The Morgan fingerprint density at radius 2 is 1.92 bits per heavy atom. The van der Waals surface area contributed by atoms with Crippen LogP contribution >= 0.6 is 22.9 Å². The number of carbonyl (C=O) groups is 1. The van der Waals surface area contributed by atoms with Gasteiger partial charge in [0.1, 0.15) is 11.4 Å². The standard InChI is InChI=1S/C27H23ClN6O4S/c28-26-4-3-25(39-26)24-15-19(31-38-24)16-33-22-2-1-21(34(36)37)13-17(22)14-23(33)27(35)30-18-7-11-32(12-8-18)20-5-9-29-10-6-20/h1-6,9-10,13-15,18H,7-8,11-12,16H2,(H,30,35). The molecule has 0 atom stereocenters. The fraction of sp³-hybridized carbons (Fsp3) is 0.222. The van der Waals surface area contributed by atoms with Crippen LogP contribution in [-0.4, -0.2) is 44.7 Å². The molecule has 0 radical (unpaired) electrons. The van der Waals surface area contributed by atoms with Gasteiger partial charge in [-0.05, 0) is 49.2 Å². The van der Waals surface area contributed by atoms with E-state index in [2.05, 4.69) is 20.4 Å². The van der Waals surface area contributed by atoms with Crippen LogP contribution in [0.3, 0.4) is 0 Å². The molecule has 1 aromatic carbocycles. The smallest absolute Gasteiger partial charge is 0.270 e. The number of rotatable bonds is 7. The molecule has 10 nitrogen and oxygen atoms in total. The predicted molar refractivity (Wildman–Crippen MR) is 149 cm³/mol. The molecule has 1 amide bonds. The highest BCUT2D eigenvalue weighted by atomic mass is 35.5. The average molecular weight is 563 g/mol. The molecule has 198 valence electrons. The minimum absolute atomic E-state index is 0.0126. The number of benzene rings is 1. The van der Waals surface area contributed by atoms with Crippen molar-refractivity contribution >= 4 is 51.1 Å². The number of amides is 1. The Bertz CT molecular complexity index is 1660. The van der Waals surface area contributed by atoms with Crippen molar-refractivity contribution in [1.29, 1.82) is 0 Å². The molecule has 1 fully saturated rings. The Hall–Kier alpha value is -4.22. The molecule has 0 spiro atoms. The van der Waals surface area contributed by atoms with Crippen molar-refractivity contribution in [1.82, 2.24) is 20.0 Å². The van der Waals surface area contributed by atoms with Crippen LogP contribution in [0.2, 0.25) is 4.34 Å². The van der Waals surface area contributed by atoms with Gasteiger partial charge in [-0.25, -0.2) is 0 Å². The minimum Gasteiger partial charge on any atom is -0.371 e. The van der Waals surface area contributed by atoms with Crippen molar-refractivity contribution in [2.24, 2.45) is 0 Å². The number of aromatic nitrogens is 3. The second-order valence-electron chi connectivity index (χ2n) is 9.34. The van der Waals surface area contributed by atoms with E-state index in [4.69, 9.17) is 16.1 Å². The van der Waals surface area contributed by atoms with Crippen LogP contribution in [0, 0.1) is 10.1 Å². The van der Waals surface area contributed by atoms with Gasteiger partial charge in [0.25, 0.3) is 11.6 Å². The quantitative estimate of drug-likeness (QED) is 0.198. The van der Waals surface area contributed by atoms with Crippen molar-refractivity contribution in [2.45, 2.75) is 25.4 Å². The Morgan fingerprint density at radius 3 is 2.64 bits per heavy atom. The number of piperidine rings is 1. The van der Waals surface area contributed by atoms with Gasteiger partial charge in [-0.3, -0.25) is 19.9 Å². The average Bonchev–Trinajstić information content (AvgIpc) is 3.68. The third-order valence-electron chi connectivity index (χ3n) is 6.88. The summed E-state index contributed by atoms with van der Waals surface area (Å²) in [6.07, 6.45) is 5.16. The molecular formula is C27H23ClN6O4S. The summed E-state index contributed by atoms with van der Waals surface area (Å²) in [6, 6.07) is 15.7. The van der Waals surface area contributed by atoms with Crippen LogP contribution in [0.5, 0.6) is 0 Å². The molecule has 1 N–H and O–H groups in total. The Kier molecular flexibility index (Phi) is 6.76. The van der Waals surface area contributed by atoms with Gasteiger partial charge in [-0.1, -0.05) is 16.8 Å². The first kappa shape index (κ1) is 25.1. The molecule has 39 heavy (non-hydrogen) atoms. The number of anilines is 1. The number of thiophene rings is 1. The first-order valence-electron chi connectivity index (χ1n) is 12.4. The zero-order valence-corrected chi connectivity index (χ0v) is 22.2. The summed E-state index contributed by atoms with van der Waals surface area (Å²) < 4.78 is 8.00. The number of nitrogens with one attached hydrogen (secondary N) is 1. The van der Waals surface area contributed by atoms with Gasteiger partial charge in [0, 0.05) is 66.3 Å². The highest BCUT2D eigenvalue weighted by molar-refractivity contribution is 7.19. The summed E-state index contributed by atoms with van der Waals surface area (Å²) in [5.74, 6) is 0.353. The van der Waals surface area contributed by atoms with Crippen LogP contribution in [0.25, 0.3) is 21.5 Å². The molecule has 1 aliphatic heterocycles. The zero-order valence-electron chi connectivity index (χ0n) is 20.6. The van der Waals surface area contributed by atoms with Crippen LogP contribution in [-0.2, 0) is 6.54 Å². The topological polar surface area (TPSA) is 119 Å². The van der Waals surface area contributed by atoms with E-state index < -0.39 is 4.92 Å². The monoisotopic (exact) mass is 562 g/mol. The van der Waals surface area contributed by atoms with E-state index in [0.717, 1.165) is 36.5 Å². The van der Waals surface area contributed by atoms with Gasteiger partial charge in [0.05, 0.1) is 20.7 Å². The van der Waals surface area contributed by atoms with E-state index in [1.54, 1.807) is 30.6 Å². The summed E-state index contributed by atoms with van der Waals surface area (Å²) in [5.41, 5.74) is 2.81. The first-order chi connectivity index (χ1) is 18.9. The summed E-state index contributed by atoms with van der Waals surface area (Å²) >= 11 is 7.45. The molecule has 0 unspecified atom stereocenters. The number of nitro groups is 1. The summed E-state index contributed by atoms with van der Waals surface area (Å²) in [4.78, 5) is 31.7. The molecular weight excluding hydrogens is 540 g/mol. The number of hydrogen-bond donors (Lipinski definition) is 1. The van der Waals surface area contributed by atoms with Gasteiger partial charge in [0.15, 0.2) is 5.76 Å². The number of nitrogens with zero attached hydrogens (tertiary/aromatic N) is 5. The maximum Gasteiger partial charge on any atom is 0.270 e. The van der Waals surface area contributed by atoms with Crippen molar-refractivity contribution in [3.63, 3.8) is 0 Å². The lowest BCUT2D eigenvalue weighted by Gasteiger charge is -2.33. The number of non-ortho nitro benzene ring substituents is 1. The highest BCUT2D eigenvalue weighted by Gasteiger charge is 2.25. The fourth-order valence-corrected chi connectivity index (χ4v) is 5.93. The van der Waals surface area contributed by atoms with Crippen molar-refractivity contribution in [3.05, 3.63) is 92.8 Å². The van der Waals surface area contributed by atoms with Crippen molar-refractivity contribution in [2.75, 3.05) is 18.0 Å². The van der Waals surface area contributed by atoms with Gasteiger partial charge in [-0.2, -0.15) is 0 Å². The summed E-state index contributed by atoms with van der Waals surface area (Å²) in [6.45, 7) is 1.89. The molecule has 5 aromatic rings. The normalized spacial score (nSPS) is 14.1. The van der Waals surface area contributed by atoms with Crippen molar-refractivity contribution < 1.29 is 14.2 Å². The van der Waals surface area contributed by atoms with E-state index >= 15 is 0 Å². The Balaban J connectivity index is 1.25. The number of halogens is 1. The lowest BCUT2D eigenvalue weighted by Crippen LogP contribution is -2.45. The SMILES string of the molecule is O=C(NC1CCN(c2ccncc2)CC1)c1cc2cc([N+](=O)[O-])ccc2n1Cc1cc(-c2ccc(Cl)s2)on1. The van der Waals surface area contributed by atoms with Gasteiger partial charge in [0.2, 0.25) is 0 Å². The van der Waals surface area contributed by atoms with Crippen LogP contribution in [0.4, 0.5) is 11.4 Å². The Labute approximate surface area is 232 Å². The van der Waals surface area contributed by atoms with Crippen LogP contribution in [0.15, 0.2) is 71.5 Å². The first-order valence-corrected chi connectivity index (χ1v) is 13.6. The number of fused-ring (bicyclic) bond motifs is 1. The third kappa shape index (κ3) is 5.23. The minimum atomic E-state index is -0.441. The zero-order chi connectivity index (χ0) is 26.9. The van der Waals surface area contributed by atoms with E-state index in [-0.39, 0.29) is 24.2 Å². The fourth-order valence-electron chi connectivity index (χ4n) is 4.94. The van der Waals surface area contributed by atoms with Gasteiger partial charge in [-0.15, -0.1) is 11.3 Å². The molecule has 12 heteroatoms. The largest absolute Gasteiger partial charge is 0.371 e. The van der Waals surface area contributed by atoms with Gasteiger partial charge >= 0.3 is 0 Å². The second-order valence-corrected chi connectivity index (χ2v) is 11.1. The van der Waals surface area contributed by atoms with E-state index in [1.807, 2.05) is 28.8 Å². The van der Waals surface area contributed by atoms with Crippen LogP contribution < -0.4 is 10.2 Å². The number of pyridine rings is 1. The molecule has 0 saturated carbocycles. The molecule has 4 aromatic heterocycles. The van der Waals surface area contributed by atoms with E-state index in [0.29, 0.717) is 32.4 Å². The molecule has 1 aliphatic rings. The molecule has 6 rings (SSSR count). The molecule has 0 bridgehead atoms. The maximum absolute atomic E-state index is 13.5. The number of nitro benzene ring substituents is 1. The predicted octanol–water partition coefficient (Wildman–Crippen LogP) is 5.76. The lowest BCUT2D eigenvalue weighted by molar-refractivity contribution is -0.384. The lowest BCUT2D eigenvalue weighted by atomic mass is 10.0. The van der Waals surface area contributed by atoms with E-state index in [1.165, 1.54) is 23.5 Å². The van der Waals surface area contributed by atoms with Crippen LogP contribution in [0.1, 0.15) is 29.0 Å². The molecule has 1 saturated heterocycles. The van der Waals surface area contributed by atoms with Crippen molar-refractivity contribution in [3.8, 4) is 10.6 Å². The Morgan fingerprint density at radius 1 is 1.13 bits per heavy atom.